The minimum atomic E-state index is -1.20. The molecule has 0 spiro atoms. The van der Waals surface area contributed by atoms with Crippen LogP contribution in [0.25, 0.3) is 0 Å². The molecule has 0 aliphatic heterocycles. The van der Waals surface area contributed by atoms with E-state index in [2.05, 4.69) is 0 Å². The molecule has 0 aliphatic carbocycles. The van der Waals surface area contributed by atoms with Crippen molar-refractivity contribution in [1.29, 1.82) is 0 Å². The van der Waals surface area contributed by atoms with Crippen molar-refractivity contribution in [1.82, 2.24) is 0 Å². The zero-order valence-corrected chi connectivity index (χ0v) is 14.0. The van der Waals surface area contributed by atoms with Crippen LogP contribution in [0.3, 0.4) is 0 Å². The molecule has 0 saturated carbocycles. The molecule has 4 N–H and O–H groups in total. The van der Waals surface area contributed by atoms with Crippen LogP contribution in [0.1, 0.15) is 17.2 Å². The highest BCUT2D eigenvalue weighted by molar-refractivity contribution is 5.78. The van der Waals surface area contributed by atoms with Crippen LogP contribution in [-0.2, 0) is 25.5 Å². The predicted octanol–water partition coefficient (Wildman–Crippen LogP) is 2.83. The summed E-state index contributed by atoms with van der Waals surface area (Å²) in [4.78, 5) is 22.6. The Morgan fingerprint density at radius 1 is 1.00 bits per heavy atom. The molecule has 1 atom stereocenters. The van der Waals surface area contributed by atoms with Gasteiger partial charge in [-0.05, 0) is 42.3 Å². The van der Waals surface area contributed by atoms with E-state index < -0.39 is 12.1 Å². The Morgan fingerprint density at radius 2 is 1.62 bits per heavy atom. The molecular weight excluding hydrogens is 332 g/mol. The van der Waals surface area contributed by atoms with Gasteiger partial charge < -0.3 is 20.9 Å². The Hall–Kier alpha value is -3.54. The third kappa shape index (κ3) is 5.83. The number of allylic oxidation sites excluding steroid dienone is 3. The molecule has 0 aliphatic rings. The Balaban J connectivity index is 1.87. The average molecular weight is 351 g/mol. The van der Waals surface area contributed by atoms with Gasteiger partial charge in [0.2, 0.25) is 6.10 Å². The molecule has 2 rings (SSSR count). The van der Waals surface area contributed by atoms with E-state index in [-0.39, 0.29) is 0 Å². The summed E-state index contributed by atoms with van der Waals surface area (Å²) in [6, 6.07) is 13.9. The monoisotopic (exact) mass is 351 g/mol. The SMILES string of the molecule is Nc1ccc(CC=CC=COC(=O)C(O[C]=O)c2ccc(N)cc2)cc1. The van der Waals surface area contributed by atoms with Crippen LogP contribution in [0.5, 0.6) is 0 Å². The van der Waals surface area contributed by atoms with E-state index in [4.69, 9.17) is 20.9 Å². The van der Waals surface area contributed by atoms with E-state index in [0.717, 1.165) is 17.7 Å². The van der Waals surface area contributed by atoms with Crippen molar-refractivity contribution in [3.05, 3.63) is 84.1 Å². The number of benzene rings is 2. The van der Waals surface area contributed by atoms with Crippen LogP contribution >= 0.6 is 0 Å². The zero-order valence-electron chi connectivity index (χ0n) is 14.0. The molecule has 1 radical (unpaired) electrons. The highest BCUT2D eigenvalue weighted by Crippen LogP contribution is 2.20. The molecule has 133 valence electrons. The minimum absolute atomic E-state index is 0.444. The molecule has 0 aromatic heterocycles. The lowest BCUT2D eigenvalue weighted by Crippen LogP contribution is -2.16. The van der Waals surface area contributed by atoms with Crippen LogP contribution in [0.4, 0.5) is 11.4 Å². The second-order valence-corrected chi connectivity index (χ2v) is 5.39. The fourth-order valence-electron chi connectivity index (χ4n) is 2.12. The molecular formula is C20H19N2O4. The Morgan fingerprint density at radius 3 is 2.23 bits per heavy atom. The Labute approximate surface area is 151 Å². The summed E-state index contributed by atoms with van der Waals surface area (Å²) in [5, 5.41) is 0. The van der Waals surface area contributed by atoms with Gasteiger partial charge in [-0.1, -0.05) is 36.4 Å². The van der Waals surface area contributed by atoms with Gasteiger partial charge in [-0.2, -0.15) is 0 Å². The lowest BCUT2D eigenvalue weighted by Gasteiger charge is -2.12. The highest BCUT2D eigenvalue weighted by Gasteiger charge is 2.23. The maximum Gasteiger partial charge on any atom is 0.418 e. The summed E-state index contributed by atoms with van der Waals surface area (Å²) in [5.74, 6) is -0.735. The molecule has 2 aromatic rings. The largest absolute Gasteiger partial charge is 0.437 e. The Kier molecular flexibility index (Phi) is 7.00. The smallest absolute Gasteiger partial charge is 0.418 e. The fraction of sp³-hybridized carbons (Fsp3) is 0.100. The van der Waals surface area contributed by atoms with E-state index in [1.807, 2.05) is 30.3 Å². The van der Waals surface area contributed by atoms with Crippen LogP contribution in [0.15, 0.2) is 73.0 Å². The highest BCUT2D eigenvalue weighted by atomic mass is 16.6. The lowest BCUT2D eigenvalue weighted by molar-refractivity contribution is -0.147. The fourth-order valence-corrected chi connectivity index (χ4v) is 2.12. The first-order chi connectivity index (χ1) is 12.6. The van der Waals surface area contributed by atoms with Crippen molar-refractivity contribution < 1.29 is 19.1 Å². The summed E-state index contributed by atoms with van der Waals surface area (Å²) in [6.07, 6.45) is 5.96. The van der Waals surface area contributed by atoms with E-state index in [0.29, 0.717) is 11.3 Å². The van der Waals surface area contributed by atoms with E-state index in [1.54, 1.807) is 36.4 Å². The van der Waals surface area contributed by atoms with Crippen LogP contribution in [0.2, 0.25) is 0 Å². The van der Waals surface area contributed by atoms with Crippen LogP contribution < -0.4 is 11.5 Å². The summed E-state index contributed by atoms with van der Waals surface area (Å²) in [6.45, 7) is 1.27. The summed E-state index contributed by atoms with van der Waals surface area (Å²) in [7, 11) is 0. The van der Waals surface area contributed by atoms with Gasteiger partial charge in [0.05, 0.1) is 6.26 Å². The van der Waals surface area contributed by atoms with Gasteiger partial charge in [-0.3, -0.25) is 0 Å². The van der Waals surface area contributed by atoms with E-state index >= 15 is 0 Å². The van der Waals surface area contributed by atoms with Crippen molar-refractivity contribution in [2.24, 2.45) is 0 Å². The van der Waals surface area contributed by atoms with Gasteiger partial charge in [0, 0.05) is 16.9 Å². The van der Waals surface area contributed by atoms with Crippen LogP contribution in [-0.4, -0.2) is 12.4 Å². The first kappa shape index (κ1) is 18.8. The number of carbonyl (C=O) groups excluding carboxylic acids is 2. The van der Waals surface area contributed by atoms with Crippen molar-refractivity contribution in [2.75, 3.05) is 11.5 Å². The number of carbonyl (C=O) groups is 1. The molecule has 0 heterocycles. The maximum atomic E-state index is 12.1. The molecule has 0 bridgehead atoms. The summed E-state index contributed by atoms with van der Waals surface area (Å²) in [5.41, 5.74) is 14.0. The maximum absolute atomic E-state index is 12.1. The molecule has 6 nitrogen and oxygen atoms in total. The van der Waals surface area contributed by atoms with Crippen molar-refractivity contribution in [3.63, 3.8) is 0 Å². The molecule has 0 saturated heterocycles. The molecule has 26 heavy (non-hydrogen) atoms. The quantitative estimate of drug-likeness (QED) is 0.328. The van der Waals surface area contributed by atoms with Crippen molar-refractivity contribution >= 4 is 23.8 Å². The third-order valence-corrected chi connectivity index (χ3v) is 3.46. The molecule has 2 aromatic carbocycles. The zero-order chi connectivity index (χ0) is 18.8. The normalized spacial score (nSPS) is 12.2. The number of hydrogen-bond acceptors (Lipinski definition) is 6. The number of rotatable bonds is 8. The second-order valence-electron chi connectivity index (χ2n) is 5.39. The number of esters is 1. The lowest BCUT2D eigenvalue weighted by atomic mass is 10.1. The van der Waals surface area contributed by atoms with Gasteiger partial charge in [0.1, 0.15) is 0 Å². The number of nitrogen functional groups attached to an aromatic ring is 2. The first-order valence-corrected chi connectivity index (χ1v) is 7.85. The topological polar surface area (TPSA) is 105 Å². The minimum Gasteiger partial charge on any atom is -0.437 e. The summed E-state index contributed by atoms with van der Waals surface area (Å²) >= 11 is 0. The van der Waals surface area contributed by atoms with Crippen molar-refractivity contribution in [3.8, 4) is 0 Å². The number of ether oxygens (including phenoxy) is 2. The predicted molar refractivity (Wildman–Crippen MR) is 99.3 cm³/mol. The van der Waals surface area contributed by atoms with Gasteiger partial charge in [0.25, 0.3) is 0 Å². The number of nitrogens with two attached hydrogens (primary N) is 2. The Bertz CT molecular complexity index is 780. The standard InChI is InChI=1S/C20H19N2O4/c21-17-9-5-15(6-10-17)4-2-1-3-13-25-20(24)19(26-14-23)16-7-11-18(22)12-8-16/h1-3,5-13,19H,4,21-22H2. The van der Waals surface area contributed by atoms with Gasteiger partial charge in [0.15, 0.2) is 0 Å². The number of hydrogen-bond donors (Lipinski definition) is 2. The van der Waals surface area contributed by atoms with Crippen molar-refractivity contribution in [2.45, 2.75) is 12.5 Å². The first-order valence-electron chi connectivity index (χ1n) is 7.85. The van der Waals surface area contributed by atoms with Gasteiger partial charge in [-0.15, -0.1) is 0 Å². The van der Waals surface area contributed by atoms with Crippen LogP contribution in [0, 0.1) is 0 Å². The molecule has 0 fully saturated rings. The average Bonchev–Trinajstić information content (AvgIpc) is 2.65. The van der Waals surface area contributed by atoms with Gasteiger partial charge in [-0.25, -0.2) is 9.59 Å². The third-order valence-electron chi connectivity index (χ3n) is 3.46. The second kappa shape index (κ2) is 9.68. The molecule has 0 amide bonds. The van der Waals surface area contributed by atoms with Gasteiger partial charge >= 0.3 is 12.4 Å². The molecule has 6 heteroatoms. The number of anilines is 2. The molecule has 1 unspecified atom stereocenters. The summed E-state index contributed by atoms with van der Waals surface area (Å²) < 4.78 is 9.68. The van der Waals surface area contributed by atoms with E-state index in [1.165, 1.54) is 12.7 Å². The van der Waals surface area contributed by atoms with E-state index in [9.17, 15) is 9.59 Å².